The van der Waals surface area contributed by atoms with E-state index in [2.05, 4.69) is 17.3 Å². The maximum Gasteiger partial charge on any atom is 0.410 e. The number of rotatable bonds is 4. The smallest absolute Gasteiger partial charge is 0.410 e. The second-order valence-corrected chi connectivity index (χ2v) is 6.87. The summed E-state index contributed by atoms with van der Waals surface area (Å²) < 4.78 is 7.32. The predicted octanol–water partition coefficient (Wildman–Crippen LogP) is 2.79. The van der Waals surface area contributed by atoms with Gasteiger partial charge < -0.3 is 15.0 Å². The standard InChI is InChI=1S/C16H28N4O2/c1-6-13-14(11-19(5)18-13)17-10-12-8-7-9-20(12)15(21)22-16(2,3)4/h11-12,17H,6-10H2,1-5H3. The van der Waals surface area contributed by atoms with E-state index in [0.717, 1.165) is 43.7 Å². The van der Waals surface area contributed by atoms with Crippen LogP contribution in [-0.4, -0.2) is 45.5 Å². The fourth-order valence-corrected chi connectivity index (χ4v) is 2.78. The molecule has 1 N–H and O–H groups in total. The minimum Gasteiger partial charge on any atom is -0.444 e. The molecule has 1 aromatic heterocycles. The number of aryl methyl sites for hydroxylation is 2. The maximum absolute atomic E-state index is 12.3. The van der Waals surface area contributed by atoms with Crippen LogP contribution in [0.25, 0.3) is 0 Å². The van der Waals surface area contributed by atoms with Crippen LogP contribution in [0.2, 0.25) is 0 Å². The summed E-state index contributed by atoms with van der Waals surface area (Å²) in [6.45, 7) is 9.30. The minimum absolute atomic E-state index is 0.180. The number of likely N-dealkylation sites (tertiary alicyclic amines) is 1. The van der Waals surface area contributed by atoms with Gasteiger partial charge in [0, 0.05) is 26.3 Å². The molecule has 124 valence electrons. The number of amides is 1. The molecule has 1 aromatic rings. The van der Waals surface area contributed by atoms with Gasteiger partial charge in [0.05, 0.1) is 17.4 Å². The highest BCUT2D eigenvalue weighted by Gasteiger charge is 2.32. The number of aromatic nitrogens is 2. The van der Waals surface area contributed by atoms with Crippen molar-refractivity contribution >= 4 is 11.8 Å². The molecular formula is C16H28N4O2. The molecule has 1 amide bonds. The molecule has 0 radical (unpaired) electrons. The van der Waals surface area contributed by atoms with Gasteiger partial charge in [0.15, 0.2) is 0 Å². The fourth-order valence-electron chi connectivity index (χ4n) is 2.78. The monoisotopic (exact) mass is 308 g/mol. The second kappa shape index (κ2) is 6.58. The van der Waals surface area contributed by atoms with Crippen LogP contribution < -0.4 is 5.32 Å². The number of hydrogen-bond donors (Lipinski definition) is 1. The van der Waals surface area contributed by atoms with Gasteiger partial charge in [0.25, 0.3) is 0 Å². The number of nitrogens with zero attached hydrogens (tertiary/aromatic N) is 3. The number of anilines is 1. The summed E-state index contributed by atoms with van der Waals surface area (Å²) >= 11 is 0. The van der Waals surface area contributed by atoms with E-state index in [1.54, 1.807) is 0 Å². The molecule has 1 fully saturated rings. The Bertz CT molecular complexity index is 519. The van der Waals surface area contributed by atoms with Gasteiger partial charge in [-0.15, -0.1) is 0 Å². The van der Waals surface area contributed by atoms with Crippen molar-refractivity contribution in [2.24, 2.45) is 7.05 Å². The molecule has 0 bridgehead atoms. The van der Waals surface area contributed by atoms with E-state index >= 15 is 0 Å². The SMILES string of the molecule is CCc1nn(C)cc1NCC1CCCN1C(=O)OC(C)(C)C. The Kier molecular flexibility index (Phi) is 4.98. The molecule has 6 heteroatoms. The Hall–Kier alpha value is -1.72. The van der Waals surface area contributed by atoms with Crippen molar-refractivity contribution in [2.45, 2.75) is 58.6 Å². The lowest BCUT2D eigenvalue weighted by Crippen LogP contribution is -2.42. The number of carbonyl (C=O) groups is 1. The molecule has 2 heterocycles. The van der Waals surface area contributed by atoms with Crippen LogP contribution in [0.5, 0.6) is 0 Å². The van der Waals surface area contributed by atoms with Gasteiger partial charge in [-0.3, -0.25) is 4.68 Å². The van der Waals surface area contributed by atoms with Crippen LogP contribution in [0, 0.1) is 0 Å². The lowest BCUT2D eigenvalue weighted by atomic mass is 10.2. The summed E-state index contributed by atoms with van der Waals surface area (Å²) in [6, 6.07) is 0.180. The van der Waals surface area contributed by atoms with Crippen molar-refractivity contribution < 1.29 is 9.53 Å². The molecule has 0 aromatic carbocycles. The topological polar surface area (TPSA) is 59.4 Å². The van der Waals surface area contributed by atoms with Crippen molar-refractivity contribution in [1.29, 1.82) is 0 Å². The minimum atomic E-state index is -0.448. The van der Waals surface area contributed by atoms with Gasteiger partial charge >= 0.3 is 6.09 Å². The van der Waals surface area contributed by atoms with Crippen LogP contribution >= 0.6 is 0 Å². The Labute approximate surface area is 132 Å². The third-order valence-corrected chi connectivity index (χ3v) is 3.77. The van der Waals surface area contributed by atoms with E-state index in [1.165, 1.54) is 0 Å². The zero-order valence-electron chi connectivity index (χ0n) is 14.3. The molecule has 1 aliphatic heterocycles. The van der Waals surface area contributed by atoms with E-state index in [0.29, 0.717) is 0 Å². The van der Waals surface area contributed by atoms with Crippen molar-refractivity contribution in [1.82, 2.24) is 14.7 Å². The first-order valence-corrected chi connectivity index (χ1v) is 8.06. The van der Waals surface area contributed by atoms with Crippen LogP contribution in [0.3, 0.4) is 0 Å². The quantitative estimate of drug-likeness (QED) is 0.929. The van der Waals surface area contributed by atoms with Crippen molar-refractivity contribution in [2.75, 3.05) is 18.4 Å². The average Bonchev–Trinajstić information content (AvgIpc) is 3.00. The van der Waals surface area contributed by atoms with Gasteiger partial charge in [-0.2, -0.15) is 5.10 Å². The zero-order chi connectivity index (χ0) is 16.3. The summed E-state index contributed by atoms with van der Waals surface area (Å²) in [4.78, 5) is 14.1. The second-order valence-electron chi connectivity index (χ2n) is 6.87. The van der Waals surface area contributed by atoms with Gasteiger partial charge in [-0.1, -0.05) is 6.92 Å². The lowest BCUT2D eigenvalue weighted by molar-refractivity contribution is 0.0235. The highest BCUT2D eigenvalue weighted by atomic mass is 16.6. The van der Waals surface area contributed by atoms with Crippen LogP contribution in [0.15, 0.2) is 6.20 Å². The van der Waals surface area contributed by atoms with Crippen molar-refractivity contribution in [3.05, 3.63) is 11.9 Å². The highest BCUT2D eigenvalue weighted by Crippen LogP contribution is 2.22. The summed E-state index contributed by atoms with van der Waals surface area (Å²) in [7, 11) is 1.92. The fraction of sp³-hybridized carbons (Fsp3) is 0.750. The Morgan fingerprint density at radius 1 is 1.50 bits per heavy atom. The molecule has 22 heavy (non-hydrogen) atoms. The lowest BCUT2D eigenvalue weighted by Gasteiger charge is -2.28. The van der Waals surface area contributed by atoms with Crippen molar-refractivity contribution in [3.63, 3.8) is 0 Å². The number of ether oxygens (including phenoxy) is 1. The molecule has 6 nitrogen and oxygen atoms in total. The number of nitrogens with one attached hydrogen (secondary N) is 1. The number of carbonyl (C=O) groups excluding carboxylic acids is 1. The summed E-state index contributed by atoms with van der Waals surface area (Å²) in [5, 5.41) is 7.87. The zero-order valence-corrected chi connectivity index (χ0v) is 14.3. The van der Waals surface area contributed by atoms with Crippen LogP contribution in [0.4, 0.5) is 10.5 Å². The molecular weight excluding hydrogens is 280 g/mol. The van der Waals surface area contributed by atoms with Crippen LogP contribution in [0.1, 0.15) is 46.2 Å². The van der Waals surface area contributed by atoms with E-state index in [1.807, 2.05) is 43.6 Å². The first kappa shape index (κ1) is 16.6. The van der Waals surface area contributed by atoms with E-state index in [4.69, 9.17) is 4.74 Å². The van der Waals surface area contributed by atoms with Gasteiger partial charge in [-0.05, 0) is 40.0 Å². The number of hydrogen-bond acceptors (Lipinski definition) is 4. The highest BCUT2D eigenvalue weighted by molar-refractivity contribution is 5.69. The molecule has 0 aliphatic carbocycles. The third kappa shape index (κ3) is 4.15. The summed E-state index contributed by atoms with van der Waals surface area (Å²) in [5.41, 5.74) is 1.67. The van der Waals surface area contributed by atoms with Gasteiger partial charge in [0.1, 0.15) is 5.60 Å². The van der Waals surface area contributed by atoms with Crippen molar-refractivity contribution in [3.8, 4) is 0 Å². The Morgan fingerprint density at radius 2 is 2.23 bits per heavy atom. The van der Waals surface area contributed by atoms with E-state index in [-0.39, 0.29) is 12.1 Å². The van der Waals surface area contributed by atoms with Gasteiger partial charge in [0.2, 0.25) is 0 Å². The van der Waals surface area contributed by atoms with Gasteiger partial charge in [-0.25, -0.2) is 4.79 Å². The molecule has 0 spiro atoms. The molecule has 1 atom stereocenters. The molecule has 1 unspecified atom stereocenters. The predicted molar refractivity (Wildman–Crippen MR) is 87.0 cm³/mol. The third-order valence-electron chi connectivity index (χ3n) is 3.77. The molecule has 1 saturated heterocycles. The normalized spacial score (nSPS) is 18.6. The summed E-state index contributed by atoms with van der Waals surface area (Å²) in [5.74, 6) is 0. The summed E-state index contributed by atoms with van der Waals surface area (Å²) in [6.07, 6.45) is 4.71. The Morgan fingerprint density at radius 3 is 2.86 bits per heavy atom. The van der Waals surface area contributed by atoms with E-state index in [9.17, 15) is 4.79 Å². The average molecular weight is 308 g/mol. The Balaban J connectivity index is 1.95. The first-order valence-electron chi connectivity index (χ1n) is 8.06. The largest absolute Gasteiger partial charge is 0.444 e. The maximum atomic E-state index is 12.3. The first-order chi connectivity index (χ1) is 10.3. The molecule has 0 saturated carbocycles. The van der Waals surface area contributed by atoms with Crippen LogP contribution in [-0.2, 0) is 18.2 Å². The molecule has 2 rings (SSSR count). The van der Waals surface area contributed by atoms with E-state index < -0.39 is 5.60 Å². The molecule has 1 aliphatic rings.